The number of pyridine rings is 1. The average molecular weight is 220 g/mol. The van der Waals surface area contributed by atoms with Crippen LogP contribution in [0.3, 0.4) is 0 Å². The third kappa shape index (κ3) is 2.95. The topological polar surface area (TPSA) is 125 Å². The first-order chi connectivity index (χ1) is 7.50. The number of amides is 1. The van der Waals surface area contributed by atoms with Crippen LogP contribution in [0.1, 0.15) is 12.0 Å². The van der Waals surface area contributed by atoms with E-state index in [2.05, 4.69) is 16.8 Å². The Hall–Kier alpha value is -2.62. The Morgan fingerprint density at radius 1 is 1.62 bits per heavy atom. The Bertz CT molecular complexity index is 501. The predicted octanol–water partition coefficient (Wildman–Crippen LogP) is -0.201. The van der Waals surface area contributed by atoms with Crippen LogP contribution in [0, 0.1) is 22.0 Å². The molecule has 0 unspecified atom stereocenters. The van der Waals surface area contributed by atoms with E-state index in [1.165, 1.54) is 12.3 Å². The number of nitrogens with zero attached hydrogens (tertiary/aromatic N) is 2. The zero-order chi connectivity index (χ0) is 12.1. The van der Waals surface area contributed by atoms with Gasteiger partial charge >= 0.3 is 5.69 Å². The summed E-state index contributed by atoms with van der Waals surface area (Å²) in [5.41, 5.74) is 10.2. The van der Waals surface area contributed by atoms with E-state index < -0.39 is 10.8 Å². The van der Waals surface area contributed by atoms with E-state index in [9.17, 15) is 14.9 Å². The second kappa shape index (κ2) is 4.75. The lowest BCUT2D eigenvalue weighted by atomic mass is 10.2. The standard InChI is InChI=1S/C9H8N4O3/c10-8(14)3-1-2-6-4-7(13(15)16)9(11)12-5-6/h4-5H,3H2,(H2,10,14)(H2,11,12). The summed E-state index contributed by atoms with van der Waals surface area (Å²) in [5, 5.41) is 10.5. The molecule has 0 spiro atoms. The number of aromatic nitrogens is 1. The molecule has 1 aromatic heterocycles. The molecule has 0 aromatic carbocycles. The van der Waals surface area contributed by atoms with E-state index in [0.29, 0.717) is 5.56 Å². The first kappa shape index (κ1) is 11.5. The van der Waals surface area contributed by atoms with Gasteiger partial charge in [-0.05, 0) is 0 Å². The fourth-order valence-corrected chi connectivity index (χ4v) is 0.912. The summed E-state index contributed by atoms with van der Waals surface area (Å²) in [4.78, 5) is 23.9. The number of hydrogen-bond donors (Lipinski definition) is 2. The molecule has 1 amide bonds. The number of nitrogens with two attached hydrogens (primary N) is 2. The number of nitrogen functional groups attached to an aromatic ring is 1. The van der Waals surface area contributed by atoms with Gasteiger partial charge in [-0.15, -0.1) is 0 Å². The van der Waals surface area contributed by atoms with Gasteiger partial charge in [-0.25, -0.2) is 4.98 Å². The van der Waals surface area contributed by atoms with Crippen LogP contribution in [-0.4, -0.2) is 15.8 Å². The van der Waals surface area contributed by atoms with Crippen molar-refractivity contribution < 1.29 is 9.72 Å². The fourth-order valence-electron chi connectivity index (χ4n) is 0.912. The Morgan fingerprint density at radius 2 is 2.31 bits per heavy atom. The van der Waals surface area contributed by atoms with Crippen molar-refractivity contribution in [3.8, 4) is 11.8 Å². The first-order valence-corrected chi connectivity index (χ1v) is 4.18. The minimum atomic E-state index is -0.651. The highest BCUT2D eigenvalue weighted by atomic mass is 16.6. The van der Waals surface area contributed by atoms with Gasteiger partial charge in [-0.1, -0.05) is 11.8 Å². The van der Waals surface area contributed by atoms with Crippen molar-refractivity contribution in [2.45, 2.75) is 6.42 Å². The quantitative estimate of drug-likeness (QED) is 0.405. The number of primary amides is 1. The molecular weight excluding hydrogens is 212 g/mol. The maximum atomic E-state index is 10.5. The van der Waals surface area contributed by atoms with E-state index in [-0.39, 0.29) is 17.9 Å². The summed E-state index contributed by atoms with van der Waals surface area (Å²) in [6.07, 6.45) is 1.18. The van der Waals surface area contributed by atoms with Crippen molar-refractivity contribution >= 4 is 17.4 Å². The van der Waals surface area contributed by atoms with E-state index in [4.69, 9.17) is 11.5 Å². The summed E-state index contributed by atoms with van der Waals surface area (Å²) in [7, 11) is 0. The summed E-state index contributed by atoms with van der Waals surface area (Å²) in [6.45, 7) is 0. The molecule has 0 saturated heterocycles. The van der Waals surface area contributed by atoms with Crippen LogP contribution in [0.25, 0.3) is 0 Å². The second-order valence-corrected chi connectivity index (χ2v) is 2.83. The second-order valence-electron chi connectivity index (χ2n) is 2.83. The summed E-state index contributed by atoms with van der Waals surface area (Å²) in [6, 6.07) is 1.19. The van der Waals surface area contributed by atoms with Crippen molar-refractivity contribution in [1.29, 1.82) is 0 Å². The molecule has 0 bridgehead atoms. The van der Waals surface area contributed by atoms with Gasteiger partial charge in [0.1, 0.15) is 0 Å². The molecule has 1 aromatic rings. The molecule has 16 heavy (non-hydrogen) atoms. The van der Waals surface area contributed by atoms with Crippen molar-refractivity contribution in [1.82, 2.24) is 4.98 Å². The lowest BCUT2D eigenvalue weighted by Crippen LogP contribution is -2.08. The normalized spacial score (nSPS) is 9.00. The minimum Gasteiger partial charge on any atom is -0.378 e. The van der Waals surface area contributed by atoms with Gasteiger partial charge in [0.15, 0.2) is 0 Å². The van der Waals surface area contributed by atoms with Crippen LogP contribution in [0.2, 0.25) is 0 Å². The summed E-state index contributed by atoms with van der Waals surface area (Å²) < 4.78 is 0. The number of carbonyl (C=O) groups is 1. The van der Waals surface area contributed by atoms with E-state index in [1.807, 2.05) is 0 Å². The monoisotopic (exact) mass is 220 g/mol. The van der Waals surface area contributed by atoms with Crippen LogP contribution in [0.4, 0.5) is 11.5 Å². The van der Waals surface area contributed by atoms with Gasteiger partial charge in [0.25, 0.3) is 0 Å². The van der Waals surface area contributed by atoms with Crippen LogP contribution >= 0.6 is 0 Å². The Morgan fingerprint density at radius 3 is 2.88 bits per heavy atom. The summed E-state index contributed by atoms with van der Waals surface area (Å²) in [5.74, 6) is 4.24. The van der Waals surface area contributed by atoms with Gasteiger partial charge < -0.3 is 11.5 Å². The molecule has 1 heterocycles. The fraction of sp³-hybridized carbons (Fsp3) is 0.111. The Labute approximate surface area is 90.6 Å². The average Bonchev–Trinajstić information content (AvgIpc) is 2.19. The lowest BCUT2D eigenvalue weighted by Gasteiger charge is -1.95. The van der Waals surface area contributed by atoms with Crippen molar-refractivity contribution in [2.75, 3.05) is 5.73 Å². The number of anilines is 1. The highest BCUT2D eigenvalue weighted by Gasteiger charge is 2.12. The van der Waals surface area contributed by atoms with Crippen molar-refractivity contribution in [3.05, 3.63) is 27.9 Å². The lowest BCUT2D eigenvalue weighted by molar-refractivity contribution is -0.384. The minimum absolute atomic E-state index is 0.113. The number of carbonyl (C=O) groups excluding carboxylic acids is 1. The van der Waals surface area contributed by atoms with Crippen LogP contribution < -0.4 is 11.5 Å². The Kier molecular flexibility index (Phi) is 3.40. The molecule has 0 radical (unpaired) electrons. The third-order valence-electron chi connectivity index (χ3n) is 1.59. The number of hydrogen-bond acceptors (Lipinski definition) is 5. The molecule has 7 nitrogen and oxygen atoms in total. The molecule has 1 rings (SSSR count). The number of rotatable bonds is 2. The third-order valence-corrected chi connectivity index (χ3v) is 1.59. The van der Waals surface area contributed by atoms with Crippen LogP contribution in [-0.2, 0) is 4.79 Å². The highest BCUT2D eigenvalue weighted by molar-refractivity contribution is 5.76. The maximum absolute atomic E-state index is 10.5. The molecule has 82 valence electrons. The molecule has 4 N–H and O–H groups in total. The van der Waals surface area contributed by atoms with Crippen LogP contribution in [0.15, 0.2) is 12.3 Å². The Balaban J connectivity index is 2.98. The van der Waals surface area contributed by atoms with Gasteiger partial charge in [0.05, 0.1) is 11.3 Å². The zero-order valence-corrected chi connectivity index (χ0v) is 8.14. The van der Waals surface area contributed by atoms with E-state index in [1.54, 1.807) is 0 Å². The number of nitro groups is 1. The SMILES string of the molecule is NC(=O)CC#Cc1cnc(N)c([N+](=O)[O-])c1. The zero-order valence-electron chi connectivity index (χ0n) is 8.14. The van der Waals surface area contributed by atoms with Crippen LogP contribution in [0.5, 0.6) is 0 Å². The van der Waals surface area contributed by atoms with Gasteiger partial charge in [-0.2, -0.15) is 0 Å². The predicted molar refractivity (Wildman–Crippen MR) is 56.0 cm³/mol. The van der Waals surface area contributed by atoms with Gasteiger partial charge in [0.2, 0.25) is 11.7 Å². The van der Waals surface area contributed by atoms with E-state index in [0.717, 1.165) is 0 Å². The van der Waals surface area contributed by atoms with Gasteiger partial charge in [0, 0.05) is 17.8 Å². The van der Waals surface area contributed by atoms with Crippen molar-refractivity contribution in [3.63, 3.8) is 0 Å². The molecule has 0 aliphatic rings. The van der Waals surface area contributed by atoms with E-state index >= 15 is 0 Å². The first-order valence-electron chi connectivity index (χ1n) is 4.18. The molecule has 0 saturated carbocycles. The molecule has 0 fully saturated rings. The molecule has 0 atom stereocenters. The highest BCUT2D eigenvalue weighted by Crippen LogP contribution is 2.18. The largest absolute Gasteiger partial charge is 0.378 e. The summed E-state index contributed by atoms with van der Waals surface area (Å²) >= 11 is 0. The molecule has 7 heteroatoms. The van der Waals surface area contributed by atoms with Gasteiger partial charge in [-0.3, -0.25) is 14.9 Å². The smallest absolute Gasteiger partial charge is 0.312 e. The molecule has 0 aliphatic carbocycles. The molecular formula is C9H8N4O3. The maximum Gasteiger partial charge on any atom is 0.312 e. The van der Waals surface area contributed by atoms with Crippen molar-refractivity contribution in [2.24, 2.45) is 5.73 Å². The molecule has 0 aliphatic heterocycles.